The van der Waals surface area contributed by atoms with Crippen molar-refractivity contribution in [3.63, 3.8) is 0 Å². The van der Waals surface area contributed by atoms with Crippen LogP contribution in [-0.4, -0.2) is 33.1 Å². The third-order valence-electron chi connectivity index (χ3n) is 5.53. The maximum atomic E-state index is 14.2. The normalized spacial score (nSPS) is 17.0. The zero-order valence-electron chi connectivity index (χ0n) is 19.3. The van der Waals surface area contributed by atoms with Crippen LogP contribution < -0.4 is 5.32 Å². The van der Waals surface area contributed by atoms with E-state index in [2.05, 4.69) is 10.3 Å². The van der Waals surface area contributed by atoms with Gasteiger partial charge in [0.05, 0.1) is 0 Å². The molecule has 6 nitrogen and oxygen atoms in total. The number of nitrogens with one attached hydrogen (secondary N) is 1. The molecule has 1 N–H and O–H groups in total. The van der Waals surface area contributed by atoms with Crippen LogP contribution in [0.2, 0.25) is 0 Å². The number of ketones is 1. The van der Waals surface area contributed by atoms with Crippen LogP contribution >= 0.6 is 0 Å². The molecule has 192 valence electrons. The molecule has 2 heterocycles. The summed E-state index contributed by atoms with van der Waals surface area (Å²) in [6, 6.07) is -0.0110. The van der Waals surface area contributed by atoms with Crippen molar-refractivity contribution in [3.05, 3.63) is 52.9 Å². The number of carbonyl (C=O) groups excluding carboxylic acids is 2. The van der Waals surface area contributed by atoms with Crippen molar-refractivity contribution in [2.75, 3.05) is 0 Å². The summed E-state index contributed by atoms with van der Waals surface area (Å²) in [5.41, 5.74) is -0.872. The molecule has 12 heteroatoms. The van der Waals surface area contributed by atoms with Crippen molar-refractivity contribution in [2.24, 2.45) is 5.92 Å². The van der Waals surface area contributed by atoms with Crippen molar-refractivity contribution >= 4 is 11.9 Å². The van der Waals surface area contributed by atoms with Gasteiger partial charge in [0, 0.05) is 42.9 Å². The van der Waals surface area contributed by atoms with Gasteiger partial charge in [-0.1, -0.05) is 0 Å². The Hall–Kier alpha value is -3.05. The number of halogens is 6. The number of nitrogens with zero attached hydrogens (tertiary/aromatic N) is 2. The molecule has 1 aliphatic heterocycles. The minimum Gasteiger partial charge on any atom is -0.444 e. The fourth-order valence-electron chi connectivity index (χ4n) is 4.01. The maximum absolute atomic E-state index is 14.2. The van der Waals surface area contributed by atoms with Crippen LogP contribution in [0.25, 0.3) is 0 Å². The summed E-state index contributed by atoms with van der Waals surface area (Å²) in [5.74, 6) is -5.78. The van der Waals surface area contributed by atoms with Crippen molar-refractivity contribution in [1.82, 2.24) is 14.9 Å². The Kier molecular flexibility index (Phi) is 7.51. The van der Waals surface area contributed by atoms with Crippen molar-refractivity contribution < 1.29 is 40.7 Å². The second-order valence-electron chi connectivity index (χ2n) is 9.49. The average Bonchev–Trinajstić information content (AvgIpc) is 3.14. The van der Waals surface area contributed by atoms with E-state index < -0.39 is 53.1 Å². The Balaban J connectivity index is 1.76. The number of ether oxygens (including phenoxy) is 1. The Morgan fingerprint density at radius 1 is 1.14 bits per heavy atom. The summed E-state index contributed by atoms with van der Waals surface area (Å²) >= 11 is 0. The molecule has 0 aliphatic carbocycles. The molecular formula is C23H25F6N3O3. The second-order valence-corrected chi connectivity index (χ2v) is 9.49. The van der Waals surface area contributed by atoms with Gasteiger partial charge in [-0.15, -0.1) is 0 Å². The topological polar surface area (TPSA) is 73.2 Å². The fourth-order valence-corrected chi connectivity index (χ4v) is 4.01. The Morgan fingerprint density at radius 3 is 2.43 bits per heavy atom. The van der Waals surface area contributed by atoms with Gasteiger partial charge in [-0.2, -0.15) is 13.2 Å². The molecule has 2 atom stereocenters. The summed E-state index contributed by atoms with van der Waals surface area (Å²) < 4.78 is 86.7. The number of hydrogen-bond donors (Lipinski definition) is 1. The van der Waals surface area contributed by atoms with Gasteiger partial charge in [0.1, 0.15) is 17.2 Å². The van der Waals surface area contributed by atoms with E-state index >= 15 is 0 Å². The second kappa shape index (κ2) is 9.90. The van der Waals surface area contributed by atoms with Crippen LogP contribution in [0.1, 0.15) is 50.7 Å². The van der Waals surface area contributed by atoms with E-state index in [1.54, 1.807) is 20.8 Å². The van der Waals surface area contributed by atoms with E-state index in [9.17, 15) is 35.9 Å². The average molecular weight is 505 g/mol. The molecule has 0 saturated heterocycles. The highest BCUT2D eigenvalue weighted by Crippen LogP contribution is 2.33. The minimum atomic E-state index is -4.62. The fraction of sp³-hybridized carbons (Fsp3) is 0.522. The summed E-state index contributed by atoms with van der Waals surface area (Å²) in [4.78, 5) is 28.7. The first kappa shape index (κ1) is 26.6. The van der Waals surface area contributed by atoms with Gasteiger partial charge in [-0.3, -0.25) is 4.79 Å². The number of alkyl carbamates (subject to hydrolysis) is 1. The van der Waals surface area contributed by atoms with Gasteiger partial charge in [0.2, 0.25) is 5.82 Å². The molecule has 0 bridgehead atoms. The first-order valence-electron chi connectivity index (χ1n) is 10.9. The van der Waals surface area contributed by atoms with E-state index in [0.29, 0.717) is 12.1 Å². The molecule has 1 amide bonds. The predicted molar refractivity (Wildman–Crippen MR) is 112 cm³/mol. The third-order valence-corrected chi connectivity index (χ3v) is 5.53. The highest BCUT2D eigenvalue weighted by molar-refractivity contribution is 5.82. The van der Waals surface area contributed by atoms with Crippen LogP contribution in [0, 0.1) is 23.4 Å². The molecule has 1 unspecified atom stereocenters. The van der Waals surface area contributed by atoms with Crippen molar-refractivity contribution in [3.8, 4) is 0 Å². The monoisotopic (exact) mass is 505 g/mol. The van der Waals surface area contributed by atoms with Gasteiger partial charge in [0.15, 0.2) is 11.6 Å². The third kappa shape index (κ3) is 6.76. The molecule has 1 aromatic carbocycles. The quantitative estimate of drug-likeness (QED) is 0.444. The van der Waals surface area contributed by atoms with E-state index in [4.69, 9.17) is 4.74 Å². The van der Waals surface area contributed by atoms with Crippen LogP contribution in [0.5, 0.6) is 0 Å². The molecule has 0 spiro atoms. The van der Waals surface area contributed by atoms with Crippen molar-refractivity contribution in [2.45, 2.75) is 70.8 Å². The van der Waals surface area contributed by atoms with Crippen LogP contribution in [-0.2, 0) is 35.1 Å². The smallest absolute Gasteiger partial charge is 0.444 e. The first-order valence-corrected chi connectivity index (χ1v) is 10.9. The first-order chi connectivity index (χ1) is 16.1. The Bertz CT molecular complexity index is 1110. The predicted octanol–water partition coefficient (Wildman–Crippen LogP) is 4.98. The molecular weight excluding hydrogens is 480 g/mol. The molecule has 1 aromatic heterocycles. The largest absolute Gasteiger partial charge is 0.449 e. The lowest BCUT2D eigenvalue weighted by atomic mass is 9.87. The number of benzene rings is 1. The number of imidazole rings is 1. The lowest BCUT2D eigenvalue weighted by molar-refractivity contribution is -0.147. The van der Waals surface area contributed by atoms with Gasteiger partial charge in [-0.25, -0.2) is 22.9 Å². The summed E-state index contributed by atoms with van der Waals surface area (Å²) in [6.07, 6.45) is -4.96. The Morgan fingerprint density at radius 2 is 1.80 bits per heavy atom. The summed E-state index contributed by atoms with van der Waals surface area (Å²) in [6.45, 7) is 4.77. The zero-order valence-corrected chi connectivity index (χ0v) is 19.3. The molecule has 3 rings (SSSR count). The number of carbonyl (C=O) groups is 2. The zero-order chi connectivity index (χ0) is 26.1. The van der Waals surface area contributed by atoms with E-state index in [-0.39, 0.29) is 49.3 Å². The number of aromatic nitrogens is 2. The lowest BCUT2D eigenvalue weighted by Crippen LogP contribution is -2.42. The number of rotatable bonds is 6. The molecule has 0 fully saturated rings. The van der Waals surface area contributed by atoms with E-state index in [0.717, 1.165) is 10.8 Å². The van der Waals surface area contributed by atoms with Crippen molar-refractivity contribution in [1.29, 1.82) is 0 Å². The van der Waals surface area contributed by atoms with E-state index in [1.165, 1.54) is 0 Å². The van der Waals surface area contributed by atoms with Gasteiger partial charge < -0.3 is 14.6 Å². The highest BCUT2D eigenvalue weighted by atomic mass is 19.4. The van der Waals surface area contributed by atoms with Crippen LogP contribution in [0.3, 0.4) is 0 Å². The molecule has 1 aliphatic rings. The Labute approximate surface area is 197 Å². The lowest BCUT2D eigenvalue weighted by Gasteiger charge is -2.27. The maximum Gasteiger partial charge on any atom is 0.449 e. The summed E-state index contributed by atoms with van der Waals surface area (Å²) in [5, 5.41) is 2.47. The molecule has 2 aromatic rings. The number of hydrogen-bond acceptors (Lipinski definition) is 4. The molecule has 0 radical (unpaired) electrons. The van der Waals surface area contributed by atoms with Gasteiger partial charge in [-0.05, 0) is 51.7 Å². The number of fused-ring (bicyclic) bond motifs is 1. The molecule has 35 heavy (non-hydrogen) atoms. The number of alkyl halides is 3. The van der Waals surface area contributed by atoms with Crippen LogP contribution in [0.4, 0.5) is 31.1 Å². The highest BCUT2D eigenvalue weighted by Gasteiger charge is 2.39. The molecule has 0 saturated carbocycles. The minimum absolute atomic E-state index is 0.0145. The van der Waals surface area contributed by atoms with Crippen LogP contribution in [0.15, 0.2) is 18.3 Å². The number of Topliss-reactive ketones (excluding diaryl/α,β-unsaturated/α-hetero) is 1. The summed E-state index contributed by atoms with van der Waals surface area (Å²) in [7, 11) is 0. The number of amides is 1. The van der Waals surface area contributed by atoms with E-state index in [1.807, 2.05) is 0 Å². The SMILES string of the molecule is CC(C)(C)OC(=O)NC(CC(=O)[C@@H]1CCn2c(cnc2C(F)(F)F)C1)Cc1cc(F)c(F)cc1F. The van der Waals surface area contributed by atoms with Gasteiger partial charge in [0.25, 0.3) is 0 Å². The van der Waals surface area contributed by atoms with Gasteiger partial charge >= 0.3 is 12.3 Å². The standard InChI is InChI=1S/C23H25F6N3O3/c1-22(2,3)35-21(34)31-14(6-13-8-17(25)18(26)10-16(13)24)9-19(33)12-4-5-32-15(7-12)11-30-20(32)23(27,28)29/h8,10-12,14H,4-7,9H2,1-3H3,(H,31,34)/t12-,14?/m1/s1.